The molecule has 1 saturated heterocycles. The van der Waals surface area contributed by atoms with Crippen molar-refractivity contribution in [1.29, 1.82) is 0 Å². The summed E-state index contributed by atoms with van der Waals surface area (Å²) in [5.41, 5.74) is 0. The van der Waals surface area contributed by atoms with E-state index in [4.69, 9.17) is 5.11 Å². The summed E-state index contributed by atoms with van der Waals surface area (Å²) in [6.45, 7) is 4.64. The SMILES string of the molecule is CCCCC(CCC)N1CC(C(=O)O)CC1=O. The first kappa shape index (κ1) is 14.0. The molecular formula is C13H23NO3. The standard InChI is InChI=1S/C13H23NO3/c1-3-5-7-11(6-4-2)14-9-10(13(16)17)8-12(14)15/h10-11H,3-9H2,1-2H3,(H,16,17). The molecule has 0 radical (unpaired) electrons. The van der Waals surface area contributed by atoms with Crippen molar-refractivity contribution >= 4 is 11.9 Å². The normalized spacial score (nSPS) is 21.9. The lowest BCUT2D eigenvalue weighted by Crippen LogP contribution is -2.37. The van der Waals surface area contributed by atoms with E-state index in [1.807, 2.05) is 0 Å². The second kappa shape index (κ2) is 6.62. The molecule has 1 aliphatic rings. The van der Waals surface area contributed by atoms with Gasteiger partial charge in [-0.05, 0) is 12.8 Å². The van der Waals surface area contributed by atoms with Crippen LogP contribution in [0.25, 0.3) is 0 Å². The maximum Gasteiger partial charge on any atom is 0.308 e. The molecule has 0 bridgehead atoms. The Morgan fingerprint density at radius 1 is 1.41 bits per heavy atom. The van der Waals surface area contributed by atoms with Crippen LogP contribution in [0.3, 0.4) is 0 Å². The van der Waals surface area contributed by atoms with Gasteiger partial charge in [0.05, 0.1) is 5.92 Å². The first-order chi connectivity index (χ1) is 8.10. The third-order valence-corrected chi connectivity index (χ3v) is 3.46. The van der Waals surface area contributed by atoms with Crippen LogP contribution in [0.15, 0.2) is 0 Å². The fourth-order valence-electron chi connectivity index (χ4n) is 2.48. The van der Waals surface area contributed by atoms with Crippen molar-refractivity contribution in [2.45, 2.75) is 58.4 Å². The van der Waals surface area contributed by atoms with Crippen molar-refractivity contribution in [3.63, 3.8) is 0 Å². The summed E-state index contributed by atoms with van der Waals surface area (Å²) in [6, 6.07) is 0.247. The second-order valence-corrected chi connectivity index (χ2v) is 4.87. The summed E-state index contributed by atoms with van der Waals surface area (Å²) < 4.78 is 0. The molecule has 0 aromatic rings. The van der Waals surface area contributed by atoms with Crippen molar-refractivity contribution in [3.05, 3.63) is 0 Å². The van der Waals surface area contributed by atoms with Gasteiger partial charge in [0.25, 0.3) is 0 Å². The van der Waals surface area contributed by atoms with Gasteiger partial charge in [0, 0.05) is 19.0 Å². The summed E-state index contributed by atoms with van der Waals surface area (Å²) in [7, 11) is 0. The van der Waals surface area contributed by atoms with Crippen molar-refractivity contribution in [2.75, 3.05) is 6.54 Å². The van der Waals surface area contributed by atoms with Gasteiger partial charge in [-0.3, -0.25) is 9.59 Å². The van der Waals surface area contributed by atoms with E-state index >= 15 is 0 Å². The Balaban J connectivity index is 2.60. The molecule has 4 heteroatoms. The Morgan fingerprint density at radius 2 is 2.12 bits per heavy atom. The molecule has 1 aliphatic heterocycles. The Bertz CT molecular complexity index is 278. The first-order valence-corrected chi connectivity index (χ1v) is 6.62. The summed E-state index contributed by atoms with van der Waals surface area (Å²) >= 11 is 0. The number of nitrogens with zero attached hydrogens (tertiary/aromatic N) is 1. The van der Waals surface area contributed by atoms with E-state index < -0.39 is 11.9 Å². The van der Waals surface area contributed by atoms with Gasteiger partial charge in [-0.25, -0.2) is 0 Å². The fourth-order valence-corrected chi connectivity index (χ4v) is 2.48. The van der Waals surface area contributed by atoms with E-state index in [2.05, 4.69) is 13.8 Å². The van der Waals surface area contributed by atoms with Crippen molar-refractivity contribution in [1.82, 2.24) is 4.90 Å². The van der Waals surface area contributed by atoms with Gasteiger partial charge in [-0.2, -0.15) is 0 Å². The largest absolute Gasteiger partial charge is 0.481 e. The minimum atomic E-state index is -0.841. The molecule has 1 fully saturated rings. The maximum atomic E-state index is 11.8. The number of hydrogen-bond acceptors (Lipinski definition) is 2. The molecule has 98 valence electrons. The van der Waals surface area contributed by atoms with Crippen LogP contribution in [-0.2, 0) is 9.59 Å². The van der Waals surface area contributed by atoms with E-state index in [1.165, 1.54) is 0 Å². The Kier molecular flexibility index (Phi) is 5.45. The zero-order chi connectivity index (χ0) is 12.8. The van der Waals surface area contributed by atoms with Gasteiger partial charge >= 0.3 is 5.97 Å². The van der Waals surface area contributed by atoms with Gasteiger partial charge < -0.3 is 10.0 Å². The Labute approximate surface area is 103 Å². The minimum Gasteiger partial charge on any atom is -0.481 e. The van der Waals surface area contributed by atoms with Crippen LogP contribution in [-0.4, -0.2) is 34.5 Å². The number of hydrogen-bond donors (Lipinski definition) is 1. The minimum absolute atomic E-state index is 0.0203. The van der Waals surface area contributed by atoms with E-state index in [9.17, 15) is 9.59 Å². The van der Waals surface area contributed by atoms with Crippen LogP contribution in [0.1, 0.15) is 52.4 Å². The highest BCUT2D eigenvalue weighted by molar-refractivity contribution is 5.86. The van der Waals surface area contributed by atoms with E-state index in [1.54, 1.807) is 4.90 Å². The number of carboxylic acids is 1. The molecule has 1 amide bonds. The summed E-state index contributed by atoms with van der Waals surface area (Å²) in [5.74, 6) is -1.32. The number of likely N-dealkylation sites (tertiary alicyclic amines) is 1. The van der Waals surface area contributed by atoms with Gasteiger partial charge in [0.1, 0.15) is 0 Å². The van der Waals surface area contributed by atoms with Crippen molar-refractivity contribution < 1.29 is 14.7 Å². The molecule has 2 atom stereocenters. The average molecular weight is 241 g/mol. The molecule has 1 heterocycles. The van der Waals surface area contributed by atoms with Gasteiger partial charge in [-0.15, -0.1) is 0 Å². The van der Waals surface area contributed by atoms with Crippen LogP contribution in [0.5, 0.6) is 0 Å². The number of amides is 1. The lowest BCUT2D eigenvalue weighted by Gasteiger charge is -2.27. The molecule has 4 nitrogen and oxygen atoms in total. The number of aliphatic carboxylic acids is 1. The van der Waals surface area contributed by atoms with E-state index in [0.717, 1.165) is 32.1 Å². The predicted octanol–water partition coefficient (Wildman–Crippen LogP) is 2.28. The molecule has 2 unspecified atom stereocenters. The number of unbranched alkanes of at least 4 members (excludes halogenated alkanes) is 1. The molecule has 0 aliphatic carbocycles. The molecule has 0 spiro atoms. The van der Waals surface area contributed by atoms with Crippen molar-refractivity contribution in [2.24, 2.45) is 5.92 Å². The Hall–Kier alpha value is -1.06. The van der Waals surface area contributed by atoms with Crippen LogP contribution in [0.2, 0.25) is 0 Å². The fraction of sp³-hybridized carbons (Fsp3) is 0.846. The predicted molar refractivity (Wildman–Crippen MR) is 65.7 cm³/mol. The molecule has 17 heavy (non-hydrogen) atoms. The van der Waals surface area contributed by atoms with Gasteiger partial charge in [-0.1, -0.05) is 33.1 Å². The number of rotatable bonds is 7. The van der Waals surface area contributed by atoms with Crippen LogP contribution >= 0.6 is 0 Å². The quantitative estimate of drug-likeness (QED) is 0.744. The van der Waals surface area contributed by atoms with Gasteiger partial charge in [0.15, 0.2) is 0 Å². The average Bonchev–Trinajstić information content (AvgIpc) is 2.67. The highest BCUT2D eigenvalue weighted by Gasteiger charge is 2.37. The monoisotopic (exact) mass is 241 g/mol. The smallest absolute Gasteiger partial charge is 0.308 e. The zero-order valence-corrected chi connectivity index (χ0v) is 10.8. The third-order valence-electron chi connectivity index (χ3n) is 3.46. The highest BCUT2D eigenvalue weighted by Crippen LogP contribution is 2.25. The van der Waals surface area contributed by atoms with E-state index in [0.29, 0.717) is 6.54 Å². The van der Waals surface area contributed by atoms with Crippen LogP contribution in [0, 0.1) is 5.92 Å². The lowest BCUT2D eigenvalue weighted by molar-refractivity contribution is -0.141. The maximum absolute atomic E-state index is 11.8. The van der Waals surface area contributed by atoms with Gasteiger partial charge in [0.2, 0.25) is 5.91 Å². The second-order valence-electron chi connectivity index (χ2n) is 4.87. The zero-order valence-electron chi connectivity index (χ0n) is 10.8. The molecule has 0 saturated carbocycles. The summed E-state index contributed by atoms with van der Waals surface area (Å²) in [6.07, 6.45) is 5.43. The van der Waals surface area contributed by atoms with Crippen LogP contribution < -0.4 is 0 Å². The molecule has 1 rings (SSSR count). The highest BCUT2D eigenvalue weighted by atomic mass is 16.4. The Morgan fingerprint density at radius 3 is 2.59 bits per heavy atom. The molecule has 1 N–H and O–H groups in total. The number of carbonyl (C=O) groups is 2. The third kappa shape index (κ3) is 3.72. The number of carbonyl (C=O) groups excluding carboxylic acids is 1. The van der Waals surface area contributed by atoms with Crippen LogP contribution in [0.4, 0.5) is 0 Å². The van der Waals surface area contributed by atoms with E-state index in [-0.39, 0.29) is 18.4 Å². The lowest BCUT2D eigenvalue weighted by atomic mass is 10.0. The summed E-state index contributed by atoms with van der Waals surface area (Å²) in [5, 5.41) is 8.96. The molecular weight excluding hydrogens is 218 g/mol. The molecule has 0 aromatic heterocycles. The number of carboxylic acid groups (broad SMARTS) is 1. The first-order valence-electron chi connectivity index (χ1n) is 6.62. The molecule has 0 aromatic carbocycles. The topological polar surface area (TPSA) is 57.6 Å². The van der Waals surface area contributed by atoms with Crippen molar-refractivity contribution in [3.8, 4) is 0 Å². The summed E-state index contributed by atoms with van der Waals surface area (Å²) in [4.78, 5) is 24.5.